The Kier molecular flexibility index (Phi) is 5.43. The normalized spacial score (nSPS) is 21.5. The molecule has 1 aromatic rings. The average Bonchev–Trinajstić information content (AvgIpc) is 3.33. The Hall–Kier alpha value is -1.43. The van der Waals surface area contributed by atoms with E-state index < -0.39 is 0 Å². The summed E-state index contributed by atoms with van der Waals surface area (Å²) < 4.78 is 11.0. The first-order valence-electron chi connectivity index (χ1n) is 8.07. The van der Waals surface area contributed by atoms with Gasteiger partial charge in [-0.2, -0.15) is 0 Å². The molecular formula is C17H24N2O3. The summed E-state index contributed by atoms with van der Waals surface area (Å²) in [5, 5.41) is 6.24. The van der Waals surface area contributed by atoms with Crippen molar-refractivity contribution in [2.75, 3.05) is 31.7 Å². The van der Waals surface area contributed by atoms with Crippen molar-refractivity contribution >= 4 is 11.6 Å². The lowest BCUT2D eigenvalue weighted by Gasteiger charge is -2.23. The van der Waals surface area contributed by atoms with Crippen molar-refractivity contribution in [1.29, 1.82) is 0 Å². The topological polar surface area (TPSA) is 59.6 Å². The molecule has 1 atom stereocenters. The van der Waals surface area contributed by atoms with E-state index >= 15 is 0 Å². The lowest BCUT2D eigenvalue weighted by atomic mass is 10.1. The highest BCUT2D eigenvalue weighted by Crippen LogP contribution is 2.29. The number of rotatable bonds is 7. The Labute approximate surface area is 131 Å². The SMILES string of the molecule is O=C(CC1COCCN1)Nc1cccc(COCC2CC2)c1. The van der Waals surface area contributed by atoms with Crippen LogP contribution < -0.4 is 10.6 Å². The zero-order chi connectivity index (χ0) is 15.2. The molecule has 1 saturated heterocycles. The maximum absolute atomic E-state index is 12.1. The van der Waals surface area contributed by atoms with Crippen LogP contribution in [-0.4, -0.2) is 38.3 Å². The summed E-state index contributed by atoms with van der Waals surface area (Å²) in [6.07, 6.45) is 3.03. The fraction of sp³-hybridized carbons (Fsp3) is 0.588. The zero-order valence-electron chi connectivity index (χ0n) is 12.8. The van der Waals surface area contributed by atoms with Gasteiger partial charge in [0.1, 0.15) is 0 Å². The van der Waals surface area contributed by atoms with Crippen molar-refractivity contribution in [3.63, 3.8) is 0 Å². The van der Waals surface area contributed by atoms with Gasteiger partial charge >= 0.3 is 0 Å². The average molecular weight is 304 g/mol. The van der Waals surface area contributed by atoms with Crippen molar-refractivity contribution in [2.24, 2.45) is 5.92 Å². The molecule has 5 nitrogen and oxygen atoms in total. The number of anilines is 1. The highest BCUT2D eigenvalue weighted by atomic mass is 16.5. The van der Waals surface area contributed by atoms with E-state index in [-0.39, 0.29) is 11.9 Å². The fourth-order valence-corrected chi connectivity index (χ4v) is 2.55. The summed E-state index contributed by atoms with van der Waals surface area (Å²) in [4.78, 5) is 12.1. The highest BCUT2D eigenvalue weighted by Gasteiger charge is 2.21. The highest BCUT2D eigenvalue weighted by molar-refractivity contribution is 5.91. The third-order valence-corrected chi connectivity index (χ3v) is 3.96. The molecule has 3 rings (SSSR count). The number of carbonyl (C=O) groups is 1. The van der Waals surface area contributed by atoms with Gasteiger partial charge in [-0.25, -0.2) is 0 Å². The van der Waals surface area contributed by atoms with E-state index in [2.05, 4.69) is 10.6 Å². The van der Waals surface area contributed by atoms with Gasteiger partial charge in [-0.05, 0) is 36.5 Å². The van der Waals surface area contributed by atoms with Gasteiger partial charge in [0.05, 0.1) is 19.8 Å². The minimum atomic E-state index is 0.0130. The van der Waals surface area contributed by atoms with Gasteiger partial charge in [-0.1, -0.05) is 12.1 Å². The predicted octanol–water partition coefficient (Wildman–Crippen LogP) is 1.93. The van der Waals surface area contributed by atoms with Gasteiger partial charge in [0.2, 0.25) is 5.91 Å². The van der Waals surface area contributed by atoms with Crippen LogP contribution in [0.25, 0.3) is 0 Å². The van der Waals surface area contributed by atoms with Crippen LogP contribution >= 0.6 is 0 Å². The molecule has 1 amide bonds. The fourth-order valence-electron chi connectivity index (χ4n) is 2.55. The molecule has 0 bridgehead atoms. The largest absolute Gasteiger partial charge is 0.378 e. The summed E-state index contributed by atoms with van der Waals surface area (Å²) in [6.45, 7) is 3.59. The molecule has 0 spiro atoms. The molecule has 22 heavy (non-hydrogen) atoms. The van der Waals surface area contributed by atoms with E-state index in [0.29, 0.717) is 19.6 Å². The van der Waals surface area contributed by atoms with Crippen molar-refractivity contribution in [2.45, 2.75) is 31.9 Å². The number of benzene rings is 1. The van der Waals surface area contributed by atoms with Crippen molar-refractivity contribution in [3.8, 4) is 0 Å². The molecular weight excluding hydrogens is 280 g/mol. The Morgan fingerprint density at radius 2 is 2.32 bits per heavy atom. The second-order valence-electron chi connectivity index (χ2n) is 6.14. The number of nitrogens with one attached hydrogen (secondary N) is 2. The lowest BCUT2D eigenvalue weighted by Crippen LogP contribution is -2.43. The Balaban J connectivity index is 1.44. The monoisotopic (exact) mass is 304 g/mol. The molecule has 0 aromatic heterocycles. The lowest BCUT2D eigenvalue weighted by molar-refractivity contribution is -0.117. The third kappa shape index (κ3) is 5.09. The van der Waals surface area contributed by atoms with Gasteiger partial charge in [-0.15, -0.1) is 0 Å². The molecule has 0 radical (unpaired) electrons. The molecule has 1 aromatic carbocycles. The first-order valence-corrected chi connectivity index (χ1v) is 8.07. The number of hydrogen-bond donors (Lipinski definition) is 2. The Morgan fingerprint density at radius 3 is 3.09 bits per heavy atom. The molecule has 2 aliphatic rings. The van der Waals surface area contributed by atoms with Crippen LogP contribution in [0, 0.1) is 5.92 Å². The smallest absolute Gasteiger partial charge is 0.226 e. The maximum atomic E-state index is 12.1. The van der Waals surface area contributed by atoms with E-state index in [1.807, 2.05) is 24.3 Å². The molecule has 1 aliphatic heterocycles. The zero-order valence-corrected chi connectivity index (χ0v) is 12.8. The van der Waals surface area contributed by atoms with Gasteiger partial charge in [-0.3, -0.25) is 4.79 Å². The second kappa shape index (κ2) is 7.72. The minimum absolute atomic E-state index is 0.0130. The number of amides is 1. The van der Waals surface area contributed by atoms with Gasteiger partial charge in [0.25, 0.3) is 0 Å². The van der Waals surface area contributed by atoms with Crippen LogP contribution in [0.1, 0.15) is 24.8 Å². The van der Waals surface area contributed by atoms with E-state index in [1.165, 1.54) is 12.8 Å². The first kappa shape index (κ1) is 15.5. The van der Waals surface area contributed by atoms with Gasteiger partial charge in [0.15, 0.2) is 0 Å². The molecule has 1 unspecified atom stereocenters. The summed E-state index contributed by atoms with van der Waals surface area (Å²) in [7, 11) is 0. The standard InChI is InChI=1S/C17H24N2O3/c20-17(9-16-12-21-7-6-18-16)19-15-3-1-2-14(8-15)11-22-10-13-4-5-13/h1-3,8,13,16,18H,4-7,9-12H2,(H,19,20). The summed E-state index contributed by atoms with van der Waals surface area (Å²) in [6, 6.07) is 7.98. The molecule has 1 heterocycles. The molecule has 2 fully saturated rings. The van der Waals surface area contributed by atoms with E-state index in [9.17, 15) is 4.79 Å². The third-order valence-electron chi connectivity index (χ3n) is 3.96. The van der Waals surface area contributed by atoms with Crippen LogP contribution in [0.2, 0.25) is 0 Å². The van der Waals surface area contributed by atoms with Crippen LogP contribution in [0.4, 0.5) is 5.69 Å². The maximum Gasteiger partial charge on any atom is 0.226 e. The number of hydrogen-bond acceptors (Lipinski definition) is 4. The molecule has 1 aliphatic carbocycles. The summed E-state index contributed by atoms with van der Waals surface area (Å²) in [5.41, 5.74) is 1.92. The summed E-state index contributed by atoms with van der Waals surface area (Å²) >= 11 is 0. The number of ether oxygens (including phenoxy) is 2. The van der Waals surface area contributed by atoms with Crippen LogP contribution in [0.3, 0.4) is 0 Å². The molecule has 2 N–H and O–H groups in total. The van der Waals surface area contributed by atoms with Crippen molar-refractivity contribution in [1.82, 2.24) is 5.32 Å². The number of carbonyl (C=O) groups excluding carboxylic acids is 1. The van der Waals surface area contributed by atoms with Crippen molar-refractivity contribution in [3.05, 3.63) is 29.8 Å². The number of morpholine rings is 1. The van der Waals surface area contributed by atoms with Crippen LogP contribution in [-0.2, 0) is 20.9 Å². The van der Waals surface area contributed by atoms with E-state index in [4.69, 9.17) is 9.47 Å². The Bertz CT molecular complexity index is 496. The van der Waals surface area contributed by atoms with Gasteiger partial charge in [0, 0.05) is 31.3 Å². The van der Waals surface area contributed by atoms with E-state index in [1.54, 1.807) is 0 Å². The van der Waals surface area contributed by atoms with Crippen LogP contribution in [0.15, 0.2) is 24.3 Å². The van der Waals surface area contributed by atoms with Crippen molar-refractivity contribution < 1.29 is 14.3 Å². The molecule has 1 saturated carbocycles. The Morgan fingerprint density at radius 1 is 1.41 bits per heavy atom. The van der Waals surface area contributed by atoms with Crippen LogP contribution in [0.5, 0.6) is 0 Å². The second-order valence-corrected chi connectivity index (χ2v) is 6.14. The molecule has 5 heteroatoms. The predicted molar refractivity (Wildman–Crippen MR) is 84.7 cm³/mol. The molecule has 120 valence electrons. The minimum Gasteiger partial charge on any atom is -0.378 e. The quantitative estimate of drug-likeness (QED) is 0.808. The van der Waals surface area contributed by atoms with Gasteiger partial charge < -0.3 is 20.1 Å². The summed E-state index contributed by atoms with van der Waals surface area (Å²) in [5.74, 6) is 0.784. The van der Waals surface area contributed by atoms with E-state index in [0.717, 1.165) is 36.9 Å². The first-order chi connectivity index (χ1) is 10.8.